The van der Waals surface area contributed by atoms with Crippen LogP contribution in [0, 0.1) is 0 Å². The Hall–Kier alpha value is -2.25. The van der Waals surface area contributed by atoms with E-state index in [2.05, 4.69) is 22.4 Å². The lowest BCUT2D eigenvalue weighted by atomic mass is 10.1. The Kier molecular flexibility index (Phi) is 6.66. The monoisotopic (exact) mass is 357 g/mol. The summed E-state index contributed by atoms with van der Waals surface area (Å²) in [5.74, 6) is 1.29. The second kappa shape index (κ2) is 8.73. The molecule has 0 unspecified atom stereocenters. The number of unbranched alkanes of at least 4 members (excludes halogenated alkanes) is 1. The number of rotatable bonds is 9. The zero-order valence-corrected chi connectivity index (χ0v) is 14.3. The van der Waals surface area contributed by atoms with Crippen LogP contribution in [0.3, 0.4) is 0 Å². The largest absolute Gasteiger partial charge is 0.491 e. The zero-order chi connectivity index (χ0) is 18.3. The van der Waals surface area contributed by atoms with Crippen LogP contribution in [0.5, 0.6) is 5.75 Å². The Labute approximate surface area is 144 Å². The molecule has 25 heavy (non-hydrogen) atoms. The van der Waals surface area contributed by atoms with E-state index in [1.54, 1.807) is 0 Å². The van der Waals surface area contributed by atoms with Crippen LogP contribution in [-0.4, -0.2) is 16.7 Å². The van der Waals surface area contributed by atoms with Crippen molar-refractivity contribution in [3.63, 3.8) is 0 Å². The number of ether oxygens (including phenoxy) is 1. The van der Waals surface area contributed by atoms with Crippen LogP contribution in [0.1, 0.15) is 50.4 Å². The number of benzene rings is 1. The van der Waals surface area contributed by atoms with Crippen LogP contribution in [0.15, 0.2) is 22.7 Å². The molecule has 0 amide bonds. The first-order valence-electron chi connectivity index (χ1n) is 8.33. The van der Waals surface area contributed by atoms with Gasteiger partial charge in [0.15, 0.2) is 5.82 Å². The molecule has 2 rings (SSSR count). The minimum atomic E-state index is -4.42. The van der Waals surface area contributed by atoms with E-state index in [1.165, 1.54) is 6.07 Å². The third kappa shape index (κ3) is 5.65. The van der Waals surface area contributed by atoms with Crippen LogP contribution in [0.2, 0.25) is 0 Å². The molecule has 1 heterocycles. The molecule has 1 aromatic heterocycles. The average Bonchev–Trinajstić information content (AvgIpc) is 3.03. The van der Waals surface area contributed by atoms with Crippen molar-refractivity contribution in [2.75, 3.05) is 11.9 Å². The second-order valence-corrected chi connectivity index (χ2v) is 5.62. The molecule has 0 atom stereocenters. The number of aromatic nitrogens is 2. The fourth-order valence-corrected chi connectivity index (χ4v) is 2.15. The lowest BCUT2D eigenvalue weighted by Gasteiger charge is -2.15. The van der Waals surface area contributed by atoms with Gasteiger partial charge < -0.3 is 14.6 Å². The van der Waals surface area contributed by atoms with E-state index in [-0.39, 0.29) is 12.2 Å². The summed E-state index contributed by atoms with van der Waals surface area (Å²) in [5.41, 5.74) is -0.496. The van der Waals surface area contributed by atoms with E-state index in [0.29, 0.717) is 30.5 Å². The Bertz CT molecular complexity index is 671. The highest BCUT2D eigenvalue weighted by atomic mass is 19.4. The van der Waals surface area contributed by atoms with Crippen molar-refractivity contribution >= 4 is 5.69 Å². The van der Waals surface area contributed by atoms with E-state index >= 15 is 0 Å². The van der Waals surface area contributed by atoms with Gasteiger partial charge in [-0.15, -0.1) is 0 Å². The van der Waals surface area contributed by atoms with Gasteiger partial charge in [-0.05, 0) is 31.0 Å². The third-order valence-electron chi connectivity index (χ3n) is 3.46. The maximum Gasteiger partial charge on any atom is 0.416 e. The van der Waals surface area contributed by atoms with Crippen LogP contribution in [-0.2, 0) is 19.1 Å². The van der Waals surface area contributed by atoms with Gasteiger partial charge >= 0.3 is 6.18 Å². The topological polar surface area (TPSA) is 60.2 Å². The highest BCUT2D eigenvalue weighted by Crippen LogP contribution is 2.35. The number of aryl methyl sites for hydroxylation is 1. The number of nitrogens with one attached hydrogen (secondary N) is 1. The number of anilines is 1. The summed E-state index contributed by atoms with van der Waals surface area (Å²) in [6, 6.07) is 3.35. The van der Waals surface area contributed by atoms with Crippen molar-refractivity contribution in [2.24, 2.45) is 0 Å². The number of alkyl halides is 3. The lowest BCUT2D eigenvalue weighted by molar-refractivity contribution is -0.137. The number of hydrogen-bond donors (Lipinski definition) is 1. The van der Waals surface area contributed by atoms with Crippen molar-refractivity contribution in [1.82, 2.24) is 10.1 Å². The SMILES string of the molecule is CCCCc1noc(CNc2cc(C(F)(F)F)ccc2OCCC)n1. The van der Waals surface area contributed by atoms with Gasteiger partial charge in [0.25, 0.3) is 0 Å². The molecular weight excluding hydrogens is 335 g/mol. The summed E-state index contributed by atoms with van der Waals surface area (Å²) in [4.78, 5) is 4.22. The van der Waals surface area contributed by atoms with Gasteiger partial charge in [-0.25, -0.2) is 0 Å². The molecule has 1 aromatic carbocycles. The van der Waals surface area contributed by atoms with Crippen molar-refractivity contribution in [3.05, 3.63) is 35.5 Å². The molecule has 0 saturated heterocycles. The summed E-state index contributed by atoms with van der Waals surface area (Å²) in [7, 11) is 0. The van der Waals surface area contributed by atoms with E-state index in [1.807, 2.05) is 6.92 Å². The average molecular weight is 357 g/mol. The Morgan fingerprint density at radius 3 is 2.68 bits per heavy atom. The van der Waals surface area contributed by atoms with E-state index in [4.69, 9.17) is 9.26 Å². The van der Waals surface area contributed by atoms with Crippen LogP contribution >= 0.6 is 0 Å². The van der Waals surface area contributed by atoms with Crippen LogP contribution in [0.25, 0.3) is 0 Å². The predicted octanol–water partition coefficient (Wildman–Crippen LogP) is 4.83. The van der Waals surface area contributed by atoms with Gasteiger partial charge in [0.05, 0.1) is 24.4 Å². The van der Waals surface area contributed by atoms with E-state index < -0.39 is 11.7 Å². The van der Waals surface area contributed by atoms with Gasteiger partial charge in [0, 0.05) is 6.42 Å². The molecule has 0 aliphatic carbocycles. The summed E-state index contributed by atoms with van der Waals surface area (Å²) in [6.07, 6.45) is -0.976. The molecule has 0 spiro atoms. The van der Waals surface area contributed by atoms with E-state index in [0.717, 1.165) is 31.4 Å². The van der Waals surface area contributed by atoms with Crippen molar-refractivity contribution < 1.29 is 22.4 Å². The first kappa shape index (κ1) is 19.1. The summed E-state index contributed by atoms with van der Waals surface area (Å²) in [5, 5.41) is 6.76. The maximum atomic E-state index is 12.9. The smallest absolute Gasteiger partial charge is 0.416 e. The predicted molar refractivity (Wildman–Crippen MR) is 87.5 cm³/mol. The highest BCUT2D eigenvalue weighted by molar-refractivity contribution is 5.58. The first-order valence-corrected chi connectivity index (χ1v) is 8.33. The summed E-state index contributed by atoms with van der Waals surface area (Å²) >= 11 is 0. The molecule has 0 aliphatic rings. The van der Waals surface area contributed by atoms with Crippen LogP contribution < -0.4 is 10.1 Å². The number of halogens is 3. The molecule has 1 N–H and O–H groups in total. The van der Waals surface area contributed by atoms with E-state index in [9.17, 15) is 13.2 Å². The molecule has 2 aromatic rings. The number of nitrogens with zero attached hydrogens (tertiary/aromatic N) is 2. The minimum absolute atomic E-state index is 0.128. The number of hydrogen-bond acceptors (Lipinski definition) is 5. The molecule has 0 saturated carbocycles. The van der Waals surface area contributed by atoms with Crippen molar-refractivity contribution in [3.8, 4) is 5.75 Å². The molecule has 0 radical (unpaired) electrons. The summed E-state index contributed by atoms with van der Waals surface area (Å²) < 4.78 is 49.4. The molecule has 0 fully saturated rings. The molecule has 8 heteroatoms. The van der Waals surface area contributed by atoms with Crippen molar-refractivity contribution in [1.29, 1.82) is 0 Å². The first-order chi connectivity index (χ1) is 11.9. The third-order valence-corrected chi connectivity index (χ3v) is 3.46. The second-order valence-electron chi connectivity index (χ2n) is 5.62. The molecule has 5 nitrogen and oxygen atoms in total. The Balaban J connectivity index is 2.11. The Morgan fingerprint density at radius 1 is 1.20 bits per heavy atom. The standard InChI is InChI=1S/C17H22F3N3O2/c1-3-5-6-15-22-16(25-23-15)11-21-13-10-12(17(18,19)20)7-8-14(13)24-9-4-2/h7-8,10,21H,3-6,9,11H2,1-2H3. The quantitative estimate of drug-likeness (QED) is 0.696. The van der Waals surface area contributed by atoms with Crippen molar-refractivity contribution in [2.45, 2.75) is 52.3 Å². The van der Waals surface area contributed by atoms with Gasteiger partial charge in [-0.3, -0.25) is 0 Å². The minimum Gasteiger partial charge on any atom is -0.491 e. The van der Waals surface area contributed by atoms with Gasteiger partial charge in [0.1, 0.15) is 5.75 Å². The lowest BCUT2D eigenvalue weighted by Crippen LogP contribution is -2.09. The fraction of sp³-hybridized carbons (Fsp3) is 0.529. The van der Waals surface area contributed by atoms with Crippen LogP contribution in [0.4, 0.5) is 18.9 Å². The summed E-state index contributed by atoms with van der Waals surface area (Å²) in [6.45, 7) is 4.53. The maximum absolute atomic E-state index is 12.9. The van der Waals surface area contributed by atoms with Gasteiger partial charge in [-0.1, -0.05) is 25.4 Å². The highest BCUT2D eigenvalue weighted by Gasteiger charge is 2.31. The molecule has 138 valence electrons. The Morgan fingerprint density at radius 2 is 2.00 bits per heavy atom. The van der Waals surface area contributed by atoms with Gasteiger partial charge in [0.2, 0.25) is 5.89 Å². The fourth-order valence-electron chi connectivity index (χ4n) is 2.15. The molecule has 0 aliphatic heterocycles. The molecule has 0 bridgehead atoms. The zero-order valence-electron chi connectivity index (χ0n) is 14.3. The normalized spacial score (nSPS) is 11.6. The molecular formula is C17H22F3N3O2. The van der Waals surface area contributed by atoms with Gasteiger partial charge in [-0.2, -0.15) is 18.2 Å².